The van der Waals surface area contributed by atoms with Gasteiger partial charge in [-0.05, 0) is 60.4 Å². The average Bonchev–Trinajstić information content (AvgIpc) is 2.70. The van der Waals surface area contributed by atoms with Crippen LogP contribution in [0.3, 0.4) is 0 Å². The first-order chi connectivity index (χ1) is 15.8. The van der Waals surface area contributed by atoms with Crippen molar-refractivity contribution in [2.24, 2.45) is 0 Å². The van der Waals surface area contributed by atoms with Gasteiger partial charge in [-0.3, -0.25) is 4.79 Å². The van der Waals surface area contributed by atoms with Crippen LogP contribution in [0, 0.1) is 0 Å². The standard InChI is InChI=1S/C24H19F6NO3/c1-14(2)31-22(32)21-19(15-6-3-8-17(12-15)33-23(25,26)27)10-5-11-20(21)16-7-4-9-18(13-16)34-24(28,29)30/h3-14H,1-2H3,(H,31,32). The molecule has 1 N–H and O–H groups in total. The van der Waals surface area contributed by atoms with Crippen LogP contribution in [0.5, 0.6) is 11.5 Å². The van der Waals surface area contributed by atoms with E-state index in [2.05, 4.69) is 14.8 Å². The van der Waals surface area contributed by atoms with Crippen molar-refractivity contribution in [3.63, 3.8) is 0 Å². The van der Waals surface area contributed by atoms with Crippen molar-refractivity contribution in [2.75, 3.05) is 0 Å². The normalized spacial score (nSPS) is 11.9. The fraction of sp³-hybridized carbons (Fsp3) is 0.208. The molecule has 0 fully saturated rings. The van der Waals surface area contributed by atoms with Crippen LogP contribution in [0.1, 0.15) is 24.2 Å². The lowest BCUT2D eigenvalue weighted by Gasteiger charge is -2.18. The summed E-state index contributed by atoms with van der Waals surface area (Å²) in [4.78, 5) is 13.1. The molecular formula is C24H19F6NO3. The summed E-state index contributed by atoms with van der Waals surface area (Å²) in [5.41, 5.74) is 1.11. The number of carbonyl (C=O) groups excluding carboxylic acids is 1. The third-order valence-electron chi connectivity index (χ3n) is 4.47. The maximum Gasteiger partial charge on any atom is 0.573 e. The maximum absolute atomic E-state index is 13.1. The first kappa shape index (κ1) is 24.9. The third kappa shape index (κ3) is 6.66. The summed E-state index contributed by atoms with van der Waals surface area (Å²) in [6.07, 6.45) is -9.81. The smallest absolute Gasteiger partial charge is 0.406 e. The van der Waals surface area contributed by atoms with Crippen molar-refractivity contribution in [1.82, 2.24) is 5.32 Å². The molecule has 3 aromatic rings. The molecule has 4 nitrogen and oxygen atoms in total. The molecule has 0 aliphatic carbocycles. The quantitative estimate of drug-likeness (QED) is 0.386. The number of nitrogens with one attached hydrogen (secondary N) is 1. The monoisotopic (exact) mass is 483 g/mol. The predicted molar refractivity (Wildman–Crippen MR) is 113 cm³/mol. The minimum Gasteiger partial charge on any atom is -0.406 e. The highest BCUT2D eigenvalue weighted by Crippen LogP contribution is 2.36. The number of carbonyl (C=O) groups is 1. The minimum absolute atomic E-state index is 0.0736. The summed E-state index contributed by atoms with van der Waals surface area (Å²) in [5.74, 6) is -1.51. The highest BCUT2D eigenvalue weighted by Gasteiger charge is 2.32. The van der Waals surface area contributed by atoms with Gasteiger partial charge in [0.05, 0.1) is 5.56 Å². The second-order valence-corrected chi connectivity index (χ2v) is 7.51. The van der Waals surface area contributed by atoms with Crippen LogP contribution < -0.4 is 14.8 Å². The van der Waals surface area contributed by atoms with Crippen molar-refractivity contribution in [3.8, 4) is 33.8 Å². The van der Waals surface area contributed by atoms with Gasteiger partial charge in [0.15, 0.2) is 0 Å². The number of alkyl halides is 6. The van der Waals surface area contributed by atoms with E-state index in [0.29, 0.717) is 0 Å². The topological polar surface area (TPSA) is 47.6 Å². The number of rotatable bonds is 6. The van der Waals surface area contributed by atoms with E-state index < -0.39 is 30.1 Å². The molecule has 0 unspecified atom stereocenters. The Bertz CT molecular complexity index is 1090. The number of ether oxygens (including phenoxy) is 2. The van der Waals surface area contributed by atoms with Gasteiger partial charge in [-0.25, -0.2) is 0 Å². The summed E-state index contributed by atoms with van der Waals surface area (Å²) < 4.78 is 84.1. The number of benzene rings is 3. The lowest BCUT2D eigenvalue weighted by atomic mass is 9.91. The van der Waals surface area contributed by atoms with E-state index in [9.17, 15) is 31.1 Å². The van der Waals surface area contributed by atoms with Crippen molar-refractivity contribution >= 4 is 5.91 Å². The van der Waals surface area contributed by atoms with E-state index in [1.54, 1.807) is 19.9 Å². The van der Waals surface area contributed by atoms with Gasteiger partial charge >= 0.3 is 12.7 Å². The van der Waals surface area contributed by atoms with Crippen LogP contribution in [0.2, 0.25) is 0 Å². The van der Waals surface area contributed by atoms with Crippen molar-refractivity contribution in [3.05, 3.63) is 72.3 Å². The Labute approximate surface area is 191 Å². The molecule has 0 heterocycles. The first-order valence-corrected chi connectivity index (χ1v) is 9.98. The molecule has 0 radical (unpaired) electrons. The molecule has 0 aromatic heterocycles. The minimum atomic E-state index is -4.91. The molecule has 34 heavy (non-hydrogen) atoms. The Morgan fingerprint density at radius 1 is 0.735 bits per heavy atom. The molecule has 0 atom stereocenters. The second kappa shape index (κ2) is 9.66. The zero-order chi connectivity index (χ0) is 25.1. The molecule has 10 heteroatoms. The van der Waals surface area contributed by atoms with Gasteiger partial charge in [0.2, 0.25) is 0 Å². The predicted octanol–water partition coefficient (Wildman–Crippen LogP) is 6.96. The van der Waals surface area contributed by atoms with Gasteiger partial charge < -0.3 is 14.8 Å². The lowest BCUT2D eigenvalue weighted by Crippen LogP contribution is -2.31. The highest BCUT2D eigenvalue weighted by atomic mass is 19.4. The average molecular weight is 483 g/mol. The fourth-order valence-corrected chi connectivity index (χ4v) is 3.33. The second-order valence-electron chi connectivity index (χ2n) is 7.51. The zero-order valence-corrected chi connectivity index (χ0v) is 17.9. The van der Waals surface area contributed by atoms with E-state index >= 15 is 0 Å². The molecule has 0 aliphatic rings. The van der Waals surface area contributed by atoms with E-state index in [1.165, 1.54) is 36.4 Å². The van der Waals surface area contributed by atoms with E-state index in [4.69, 9.17) is 0 Å². The van der Waals surface area contributed by atoms with Gasteiger partial charge in [-0.2, -0.15) is 0 Å². The van der Waals surface area contributed by atoms with E-state index in [-0.39, 0.29) is 33.9 Å². The van der Waals surface area contributed by atoms with Crippen LogP contribution in [-0.4, -0.2) is 24.7 Å². The SMILES string of the molecule is CC(C)NC(=O)c1c(-c2cccc(OC(F)(F)F)c2)cccc1-c1cccc(OC(F)(F)F)c1. The lowest BCUT2D eigenvalue weighted by molar-refractivity contribution is -0.275. The Morgan fingerprint density at radius 2 is 1.15 bits per heavy atom. The van der Waals surface area contributed by atoms with Crippen molar-refractivity contribution < 1.29 is 40.6 Å². The number of halogens is 6. The summed E-state index contributed by atoms with van der Waals surface area (Å²) >= 11 is 0. The van der Waals surface area contributed by atoms with Crippen molar-refractivity contribution in [1.29, 1.82) is 0 Å². The molecule has 1 amide bonds. The summed E-state index contributed by atoms with van der Waals surface area (Å²) in [6.45, 7) is 3.44. The molecule has 0 spiro atoms. The third-order valence-corrected chi connectivity index (χ3v) is 4.47. The molecule has 3 rings (SSSR count). The van der Waals surface area contributed by atoms with Gasteiger partial charge in [0.1, 0.15) is 11.5 Å². The van der Waals surface area contributed by atoms with Gasteiger partial charge in [-0.15, -0.1) is 26.3 Å². The van der Waals surface area contributed by atoms with Crippen LogP contribution in [0.15, 0.2) is 66.7 Å². The zero-order valence-electron chi connectivity index (χ0n) is 17.9. The van der Waals surface area contributed by atoms with Crippen molar-refractivity contribution in [2.45, 2.75) is 32.6 Å². The number of amides is 1. The fourth-order valence-electron chi connectivity index (χ4n) is 3.33. The summed E-state index contributed by atoms with van der Waals surface area (Å²) in [7, 11) is 0. The molecule has 0 saturated carbocycles. The molecule has 3 aromatic carbocycles. The largest absolute Gasteiger partial charge is 0.573 e. The molecule has 0 saturated heterocycles. The van der Waals surface area contributed by atoms with Crippen LogP contribution in [0.4, 0.5) is 26.3 Å². The first-order valence-electron chi connectivity index (χ1n) is 9.98. The highest BCUT2D eigenvalue weighted by molar-refractivity contribution is 6.07. The van der Waals surface area contributed by atoms with Crippen LogP contribution in [0.25, 0.3) is 22.3 Å². The van der Waals surface area contributed by atoms with Gasteiger partial charge in [0.25, 0.3) is 5.91 Å². The Balaban J connectivity index is 2.17. The van der Waals surface area contributed by atoms with E-state index in [1.807, 2.05) is 0 Å². The number of hydrogen-bond donors (Lipinski definition) is 1. The molecule has 0 bridgehead atoms. The van der Waals surface area contributed by atoms with Crippen LogP contribution in [-0.2, 0) is 0 Å². The Kier molecular flexibility index (Phi) is 7.09. The maximum atomic E-state index is 13.1. The number of hydrogen-bond acceptors (Lipinski definition) is 3. The Hall–Kier alpha value is -3.69. The summed E-state index contributed by atoms with van der Waals surface area (Å²) in [5, 5.41) is 2.72. The molecular weight excluding hydrogens is 464 g/mol. The van der Waals surface area contributed by atoms with E-state index in [0.717, 1.165) is 24.3 Å². The van der Waals surface area contributed by atoms with Crippen LogP contribution >= 0.6 is 0 Å². The Morgan fingerprint density at radius 3 is 1.53 bits per heavy atom. The molecule has 180 valence electrons. The van der Waals surface area contributed by atoms with Gasteiger partial charge in [0, 0.05) is 6.04 Å². The summed E-state index contributed by atoms with van der Waals surface area (Å²) in [6, 6.07) is 14.5. The molecule has 0 aliphatic heterocycles. The van der Waals surface area contributed by atoms with Gasteiger partial charge in [-0.1, -0.05) is 42.5 Å².